The van der Waals surface area contributed by atoms with Crippen LogP contribution in [-0.2, 0) is 6.18 Å². The summed E-state index contributed by atoms with van der Waals surface area (Å²) < 4.78 is 42.5. The number of piperazine rings is 1. The lowest BCUT2D eigenvalue weighted by Crippen LogP contribution is -3.15. The lowest BCUT2D eigenvalue weighted by atomic mass is 9.96. The first kappa shape index (κ1) is 25.3. The minimum Gasteiger partial charge on any atom is -0.327 e. The number of fused-ring (bicyclic) bond motifs is 1. The lowest BCUT2D eigenvalue weighted by molar-refractivity contribution is -0.929. The van der Waals surface area contributed by atoms with Crippen molar-refractivity contribution in [2.75, 3.05) is 26.2 Å². The summed E-state index contributed by atoms with van der Waals surface area (Å²) >= 11 is 1.29. The van der Waals surface area contributed by atoms with E-state index in [1.807, 2.05) is 36.4 Å². The second kappa shape index (κ2) is 10.3. The van der Waals surface area contributed by atoms with Gasteiger partial charge in [-0.1, -0.05) is 66.7 Å². The number of thiophene rings is 1. The maximum Gasteiger partial charge on any atom is 0.433 e. The van der Waals surface area contributed by atoms with Gasteiger partial charge in [0.05, 0.1) is 42.9 Å². The van der Waals surface area contributed by atoms with Gasteiger partial charge in [-0.3, -0.25) is 4.79 Å². The van der Waals surface area contributed by atoms with E-state index in [1.54, 1.807) is 22.4 Å². The fraction of sp³-hybridized carbons (Fsp3) is 0.207. The van der Waals surface area contributed by atoms with Crippen molar-refractivity contribution in [2.45, 2.75) is 12.2 Å². The van der Waals surface area contributed by atoms with Crippen molar-refractivity contribution >= 4 is 22.9 Å². The fourth-order valence-electron chi connectivity index (χ4n) is 5.28. The molecular formula is C29H25F3N5OS+. The Bertz CT molecular complexity index is 1540. The van der Waals surface area contributed by atoms with E-state index in [1.165, 1.54) is 33.6 Å². The molecule has 1 fully saturated rings. The molecule has 0 aliphatic carbocycles. The third-order valence-electron chi connectivity index (χ3n) is 7.13. The summed E-state index contributed by atoms with van der Waals surface area (Å²) in [5.74, 6) is -0.357. The number of carbonyl (C=O) groups excluding carboxylic acids is 1. The Balaban J connectivity index is 1.28. The van der Waals surface area contributed by atoms with Gasteiger partial charge in [0, 0.05) is 11.1 Å². The molecule has 39 heavy (non-hydrogen) atoms. The number of alkyl halides is 3. The molecule has 10 heteroatoms. The molecule has 0 bridgehead atoms. The molecule has 6 rings (SSSR count). The van der Waals surface area contributed by atoms with Crippen LogP contribution in [0, 0.1) is 0 Å². The van der Waals surface area contributed by atoms with E-state index in [-0.39, 0.29) is 28.9 Å². The Morgan fingerprint density at radius 1 is 0.923 bits per heavy atom. The number of amides is 1. The Morgan fingerprint density at radius 2 is 1.56 bits per heavy atom. The summed E-state index contributed by atoms with van der Waals surface area (Å²) in [5.41, 5.74) is 1.60. The standard InChI is InChI=1S/C29H24F3N5OS/c30-29(31,32)25-18-23(24-12-7-17-39-24)34-27-22(19-33-37(25)27)28(38)36-15-13-35(14-16-36)26(20-8-3-1-4-9-20)21-10-5-2-6-11-21/h1-12,17-19,26H,13-16H2/p+1. The highest BCUT2D eigenvalue weighted by molar-refractivity contribution is 7.13. The quantitative estimate of drug-likeness (QED) is 0.349. The maximum absolute atomic E-state index is 13.9. The lowest BCUT2D eigenvalue weighted by Gasteiger charge is -2.37. The zero-order valence-electron chi connectivity index (χ0n) is 20.8. The van der Waals surface area contributed by atoms with Gasteiger partial charge in [0.1, 0.15) is 11.6 Å². The fourth-order valence-corrected chi connectivity index (χ4v) is 5.96. The van der Waals surface area contributed by atoms with Gasteiger partial charge < -0.3 is 9.80 Å². The van der Waals surface area contributed by atoms with Crippen LogP contribution in [0.15, 0.2) is 90.4 Å². The number of quaternary nitrogens is 1. The zero-order chi connectivity index (χ0) is 27.0. The van der Waals surface area contributed by atoms with Crippen LogP contribution in [0.5, 0.6) is 0 Å². The first-order valence-corrected chi connectivity index (χ1v) is 13.5. The predicted molar refractivity (Wildman–Crippen MR) is 143 cm³/mol. The summed E-state index contributed by atoms with van der Waals surface area (Å²) in [7, 11) is 0. The van der Waals surface area contributed by atoms with Crippen molar-refractivity contribution in [3.05, 3.63) is 113 Å². The monoisotopic (exact) mass is 548 g/mol. The molecule has 3 aromatic heterocycles. The second-order valence-electron chi connectivity index (χ2n) is 9.50. The van der Waals surface area contributed by atoms with E-state index >= 15 is 0 Å². The van der Waals surface area contributed by atoms with Gasteiger partial charge in [0.15, 0.2) is 11.3 Å². The SMILES string of the molecule is O=C(c1cnn2c(C(F)(F)F)cc(-c3cccs3)nc12)N1CC[NH+](C(c2ccccc2)c2ccccc2)CC1. The van der Waals surface area contributed by atoms with Crippen LogP contribution in [0.25, 0.3) is 16.2 Å². The van der Waals surface area contributed by atoms with Gasteiger partial charge in [-0.15, -0.1) is 11.3 Å². The van der Waals surface area contributed by atoms with Crippen LogP contribution in [0.1, 0.15) is 33.2 Å². The molecule has 0 unspecified atom stereocenters. The molecule has 0 radical (unpaired) electrons. The summed E-state index contributed by atoms with van der Waals surface area (Å²) in [6.07, 6.45) is -3.45. The van der Waals surface area contributed by atoms with Crippen LogP contribution in [0.2, 0.25) is 0 Å². The average Bonchev–Trinajstić information content (AvgIpc) is 3.64. The molecule has 1 amide bonds. The van der Waals surface area contributed by atoms with E-state index in [9.17, 15) is 18.0 Å². The Labute approximate surface area is 226 Å². The predicted octanol–water partition coefficient (Wildman–Crippen LogP) is 4.61. The first-order chi connectivity index (χ1) is 18.9. The van der Waals surface area contributed by atoms with E-state index in [0.29, 0.717) is 31.1 Å². The number of rotatable bonds is 5. The Hall–Kier alpha value is -4.02. The Morgan fingerprint density at radius 3 is 2.13 bits per heavy atom. The van der Waals surface area contributed by atoms with Crippen molar-refractivity contribution in [2.24, 2.45) is 0 Å². The van der Waals surface area contributed by atoms with Crippen molar-refractivity contribution in [3.8, 4) is 10.6 Å². The number of nitrogens with one attached hydrogen (secondary N) is 1. The van der Waals surface area contributed by atoms with E-state index in [2.05, 4.69) is 34.3 Å². The molecule has 5 aromatic rings. The third kappa shape index (κ3) is 4.93. The average molecular weight is 549 g/mol. The van der Waals surface area contributed by atoms with Crippen LogP contribution < -0.4 is 4.90 Å². The van der Waals surface area contributed by atoms with E-state index in [0.717, 1.165) is 10.6 Å². The van der Waals surface area contributed by atoms with E-state index < -0.39 is 11.9 Å². The molecular weight excluding hydrogens is 523 g/mol. The number of carbonyl (C=O) groups is 1. The minimum atomic E-state index is -4.65. The van der Waals surface area contributed by atoms with Crippen LogP contribution >= 0.6 is 11.3 Å². The van der Waals surface area contributed by atoms with E-state index in [4.69, 9.17) is 0 Å². The number of hydrogen-bond donors (Lipinski definition) is 1. The highest BCUT2D eigenvalue weighted by atomic mass is 32.1. The van der Waals surface area contributed by atoms with Crippen molar-refractivity contribution in [1.82, 2.24) is 19.5 Å². The van der Waals surface area contributed by atoms with Gasteiger partial charge in [0.25, 0.3) is 5.91 Å². The molecule has 4 heterocycles. The maximum atomic E-state index is 13.9. The molecule has 0 atom stereocenters. The largest absolute Gasteiger partial charge is 0.433 e. The topological polar surface area (TPSA) is 54.9 Å². The van der Waals surface area contributed by atoms with Gasteiger partial charge in [0.2, 0.25) is 0 Å². The molecule has 0 spiro atoms. The van der Waals surface area contributed by atoms with Crippen molar-refractivity contribution in [1.29, 1.82) is 0 Å². The summed E-state index contributed by atoms with van der Waals surface area (Å²) in [4.78, 5) is 21.7. The number of halogens is 3. The summed E-state index contributed by atoms with van der Waals surface area (Å²) in [6.45, 7) is 2.33. The number of aromatic nitrogens is 3. The highest BCUT2D eigenvalue weighted by Crippen LogP contribution is 2.34. The minimum absolute atomic E-state index is 0.0741. The second-order valence-corrected chi connectivity index (χ2v) is 10.4. The third-order valence-corrected chi connectivity index (χ3v) is 8.03. The number of benzene rings is 2. The molecule has 0 saturated carbocycles. The molecule has 198 valence electrons. The molecule has 6 nitrogen and oxygen atoms in total. The smallest absolute Gasteiger partial charge is 0.327 e. The van der Waals surface area contributed by atoms with Crippen LogP contribution in [0.3, 0.4) is 0 Å². The molecule has 1 N–H and O–H groups in total. The summed E-state index contributed by atoms with van der Waals surface area (Å²) in [6, 6.07) is 25.2. The molecule has 1 aliphatic rings. The zero-order valence-corrected chi connectivity index (χ0v) is 21.6. The van der Waals surface area contributed by atoms with Gasteiger partial charge in [-0.05, 0) is 17.5 Å². The molecule has 2 aromatic carbocycles. The van der Waals surface area contributed by atoms with Gasteiger partial charge in [-0.2, -0.15) is 18.3 Å². The number of nitrogens with zero attached hydrogens (tertiary/aromatic N) is 4. The Kier molecular flexibility index (Phi) is 6.66. The summed E-state index contributed by atoms with van der Waals surface area (Å²) in [5, 5.41) is 5.71. The van der Waals surface area contributed by atoms with Crippen molar-refractivity contribution < 1.29 is 22.9 Å². The molecule has 1 saturated heterocycles. The first-order valence-electron chi connectivity index (χ1n) is 12.6. The van der Waals surface area contributed by atoms with Gasteiger partial charge in [-0.25, -0.2) is 9.50 Å². The normalized spacial score (nSPS) is 14.8. The van der Waals surface area contributed by atoms with Crippen LogP contribution in [-0.4, -0.2) is 51.6 Å². The molecule has 1 aliphatic heterocycles. The number of hydrogen-bond acceptors (Lipinski definition) is 4. The van der Waals surface area contributed by atoms with Crippen LogP contribution in [0.4, 0.5) is 13.2 Å². The van der Waals surface area contributed by atoms with Gasteiger partial charge >= 0.3 is 6.18 Å². The van der Waals surface area contributed by atoms with Crippen molar-refractivity contribution in [3.63, 3.8) is 0 Å². The highest BCUT2D eigenvalue weighted by Gasteiger charge is 2.37.